The van der Waals surface area contributed by atoms with Gasteiger partial charge in [-0.1, -0.05) is 11.6 Å². The highest BCUT2D eigenvalue weighted by Crippen LogP contribution is 2.33. The second kappa shape index (κ2) is 9.59. The number of carbonyl (C=O) groups is 2. The predicted molar refractivity (Wildman–Crippen MR) is 114 cm³/mol. The molecule has 3 aromatic rings. The van der Waals surface area contributed by atoms with E-state index in [9.17, 15) is 19.7 Å². The van der Waals surface area contributed by atoms with Crippen LogP contribution in [0.4, 0.5) is 11.4 Å². The van der Waals surface area contributed by atoms with Crippen molar-refractivity contribution < 1.29 is 24.0 Å². The highest BCUT2D eigenvalue weighted by molar-refractivity contribution is 6.30. The van der Waals surface area contributed by atoms with Gasteiger partial charge in [-0.2, -0.15) is 0 Å². The molecule has 0 aliphatic rings. The summed E-state index contributed by atoms with van der Waals surface area (Å²) in [5.74, 6) is -0.164. The molecule has 0 bridgehead atoms. The monoisotopic (exact) mass is 441 g/mol. The van der Waals surface area contributed by atoms with Crippen molar-refractivity contribution >= 4 is 34.8 Å². The lowest BCUT2D eigenvalue weighted by atomic mass is 10.2. The Balaban J connectivity index is 1.64. The zero-order chi connectivity index (χ0) is 22.4. The molecule has 0 radical (unpaired) electrons. The van der Waals surface area contributed by atoms with Crippen molar-refractivity contribution in [3.8, 4) is 17.2 Å². The van der Waals surface area contributed by atoms with Crippen LogP contribution in [0.25, 0.3) is 0 Å². The van der Waals surface area contributed by atoms with Crippen LogP contribution in [0.2, 0.25) is 5.02 Å². The number of rotatable bonds is 8. The summed E-state index contributed by atoms with van der Waals surface area (Å²) in [5.41, 5.74) is 5.63. The maximum absolute atomic E-state index is 12.4. The van der Waals surface area contributed by atoms with Crippen LogP contribution in [-0.4, -0.2) is 23.3 Å². The molecule has 10 heteroatoms. The van der Waals surface area contributed by atoms with Crippen molar-refractivity contribution in [2.75, 3.05) is 11.9 Å². The number of nitrogens with zero attached hydrogens (tertiary/aromatic N) is 1. The van der Waals surface area contributed by atoms with Gasteiger partial charge < -0.3 is 20.5 Å². The third kappa shape index (κ3) is 5.94. The third-order valence-electron chi connectivity index (χ3n) is 3.96. The van der Waals surface area contributed by atoms with Gasteiger partial charge in [0.05, 0.1) is 4.92 Å². The smallest absolute Gasteiger partial charge is 0.313 e. The van der Waals surface area contributed by atoms with E-state index in [4.69, 9.17) is 26.8 Å². The van der Waals surface area contributed by atoms with E-state index in [1.807, 2.05) is 0 Å². The molecule has 0 spiro atoms. The Labute approximate surface area is 181 Å². The summed E-state index contributed by atoms with van der Waals surface area (Å²) in [4.78, 5) is 33.7. The van der Waals surface area contributed by atoms with Gasteiger partial charge in [0, 0.05) is 22.3 Å². The maximum Gasteiger partial charge on any atom is 0.313 e. The van der Waals surface area contributed by atoms with E-state index in [2.05, 4.69) is 5.32 Å². The third-order valence-corrected chi connectivity index (χ3v) is 4.19. The Kier molecular flexibility index (Phi) is 6.68. The molecule has 2 amide bonds. The van der Waals surface area contributed by atoms with Crippen LogP contribution in [0.5, 0.6) is 17.2 Å². The van der Waals surface area contributed by atoms with E-state index in [0.29, 0.717) is 22.7 Å². The van der Waals surface area contributed by atoms with Crippen molar-refractivity contribution in [3.63, 3.8) is 0 Å². The number of halogens is 1. The average Bonchev–Trinajstić information content (AvgIpc) is 2.74. The Morgan fingerprint density at radius 2 is 1.65 bits per heavy atom. The molecule has 3 rings (SSSR count). The highest BCUT2D eigenvalue weighted by Gasteiger charge is 2.16. The molecule has 3 aromatic carbocycles. The summed E-state index contributed by atoms with van der Waals surface area (Å²) in [6.45, 7) is -0.237. The Morgan fingerprint density at radius 3 is 2.26 bits per heavy atom. The molecular weight excluding hydrogens is 426 g/mol. The minimum Gasteiger partial charge on any atom is -0.484 e. The number of nitro benzene ring substituents is 1. The standard InChI is InChI=1S/C21H16ClN3O6/c22-14-3-10-19(18(11-14)25(28)29)31-17-6-1-13(2-7-17)21(27)24-15-4-8-16(9-5-15)30-12-20(23)26/h1-11H,12H2,(H2,23,26)(H,24,27). The predicted octanol–water partition coefficient (Wildman–Crippen LogP) is 4.16. The topological polar surface area (TPSA) is 134 Å². The second-order valence-electron chi connectivity index (χ2n) is 6.23. The molecule has 0 fully saturated rings. The number of amides is 2. The fraction of sp³-hybridized carbons (Fsp3) is 0.0476. The summed E-state index contributed by atoms with van der Waals surface area (Å²) in [6, 6.07) is 16.6. The molecule has 9 nitrogen and oxygen atoms in total. The van der Waals surface area contributed by atoms with Gasteiger partial charge in [0.1, 0.15) is 11.5 Å². The molecule has 0 saturated heterocycles. The van der Waals surface area contributed by atoms with Gasteiger partial charge in [-0.3, -0.25) is 19.7 Å². The Bertz CT molecular complexity index is 1120. The molecule has 0 aromatic heterocycles. The molecule has 0 heterocycles. The number of anilines is 1. The molecule has 3 N–H and O–H groups in total. The highest BCUT2D eigenvalue weighted by atomic mass is 35.5. The van der Waals surface area contributed by atoms with Gasteiger partial charge >= 0.3 is 5.69 Å². The fourth-order valence-corrected chi connectivity index (χ4v) is 2.68. The van der Waals surface area contributed by atoms with Crippen molar-refractivity contribution in [3.05, 3.63) is 87.4 Å². The number of nitrogens with two attached hydrogens (primary N) is 1. The summed E-state index contributed by atoms with van der Waals surface area (Å²) >= 11 is 5.79. The van der Waals surface area contributed by atoms with E-state index in [-0.39, 0.29) is 29.0 Å². The number of nitro groups is 1. The zero-order valence-corrected chi connectivity index (χ0v) is 16.7. The SMILES string of the molecule is NC(=O)COc1ccc(NC(=O)c2ccc(Oc3ccc(Cl)cc3[N+](=O)[O-])cc2)cc1. The van der Waals surface area contributed by atoms with E-state index in [0.717, 1.165) is 0 Å². The average molecular weight is 442 g/mol. The van der Waals surface area contributed by atoms with Crippen LogP contribution in [0.1, 0.15) is 10.4 Å². The van der Waals surface area contributed by atoms with Gasteiger partial charge in [0.15, 0.2) is 6.61 Å². The van der Waals surface area contributed by atoms with Gasteiger partial charge in [0.25, 0.3) is 11.8 Å². The minimum atomic E-state index is -0.590. The lowest BCUT2D eigenvalue weighted by Gasteiger charge is -2.09. The van der Waals surface area contributed by atoms with Crippen molar-refractivity contribution in [1.29, 1.82) is 0 Å². The van der Waals surface area contributed by atoms with E-state index in [1.165, 1.54) is 42.5 Å². The minimum absolute atomic E-state index is 0.0326. The molecular formula is C21H16ClN3O6. The fourth-order valence-electron chi connectivity index (χ4n) is 2.51. The lowest BCUT2D eigenvalue weighted by molar-refractivity contribution is -0.385. The summed E-state index contributed by atoms with van der Waals surface area (Å²) in [6.07, 6.45) is 0. The van der Waals surface area contributed by atoms with E-state index in [1.54, 1.807) is 24.3 Å². The number of hydrogen-bond donors (Lipinski definition) is 2. The molecule has 0 unspecified atom stereocenters. The largest absolute Gasteiger partial charge is 0.484 e. The molecule has 158 valence electrons. The molecule has 0 atom stereocenters. The molecule has 0 saturated carbocycles. The van der Waals surface area contributed by atoms with Gasteiger partial charge in [-0.25, -0.2) is 0 Å². The molecule has 31 heavy (non-hydrogen) atoms. The Morgan fingerprint density at radius 1 is 1.00 bits per heavy atom. The van der Waals surface area contributed by atoms with Crippen LogP contribution in [0.3, 0.4) is 0 Å². The van der Waals surface area contributed by atoms with Crippen molar-refractivity contribution in [2.24, 2.45) is 5.73 Å². The van der Waals surface area contributed by atoms with E-state index >= 15 is 0 Å². The first-order valence-electron chi connectivity index (χ1n) is 8.86. The molecule has 0 aliphatic carbocycles. The van der Waals surface area contributed by atoms with Gasteiger partial charge in [0.2, 0.25) is 5.75 Å². The lowest BCUT2D eigenvalue weighted by Crippen LogP contribution is -2.20. The second-order valence-corrected chi connectivity index (χ2v) is 6.67. The van der Waals surface area contributed by atoms with Crippen LogP contribution < -0.4 is 20.5 Å². The van der Waals surface area contributed by atoms with Gasteiger partial charge in [-0.15, -0.1) is 0 Å². The molecule has 0 aliphatic heterocycles. The van der Waals surface area contributed by atoms with Crippen LogP contribution in [0.15, 0.2) is 66.7 Å². The summed E-state index contributed by atoms with van der Waals surface area (Å²) in [5, 5.41) is 14.1. The number of nitrogens with one attached hydrogen (secondary N) is 1. The first-order valence-corrected chi connectivity index (χ1v) is 9.24. The summed E-state index contributed by atoms with van der Waals surface area (Å²) in [7, 11) is 0. The van der Waals surface area contributed by atoms with Crippen LogP contribution in [0, 0.1) is 10.1 Å². The number of ether oxygens (including phenoxy) is 2. The first kappa shape index (κ1) is 21.6. The normalized spacial score (nSPS) is 10.2. The van der Waals surface area contributed by atoms with Gasteiger partial charge in [-0.05, 0) is 60.7 Å². The van der Waals surface area contributed by atoms with Crippen LogP contribution >= 0.6 is 11.6 Å². The summed E-state index contributed by atoms with van der Waals surface area (Å²) < 4.78 is 10.7. The number of carbonyl (C=O) groups excluding carboxylic acids is 2. The van der Waals surface area contributed by atoms with Crippen molar-refractivity contribution in [1.82, 2.24) is 0 Å². The Hall–Kier alpha value is -4.11. The maximum atomic E-state index is 12.4. The number of benzene rings is 3. The van der Waals surface area contributed by atoms with Crippen LogP contribution in [-0.2, 0) is 4.79 Å². The van der Waals surface area contributed by atoms with E-state index < -0.39 is 10.8 Å². The number of primary amides is 1. The van der Waals surface area contributed by atoms with Crippen molar-refractivity contribution in [2.45, 2.75) is 0 Å². The zero-order valence-electron chi connectivity index (χ0n) is 15.9. The quantitative estimate of drug-likeness (QED) is 0.398. The first-order chi connectivity index (χ1) is 14.8. The number of hydrogen-bond acceptors (Lipinski definition) is 6.